The zero-order valence-corrected chi connectivity index (χ0v) is 13.0. The van der Waals surface area contributed by atoms with Crippen LogP contribution in [-0.4, -0.2) is 34.2 Å². The molecule has 1 N–H and O–H groups in total. The van der Waals surface area contributed by atoms with Crippen molar-refractivity contribution in [2.45, 2.75) is 26.0 Å². The topological polar surface area (TPSA) is 36.4 Å². The van der Waals surface area contributed by atoms with Gasteiger partial charge in [-0.25, -0.2) is 8.78 Å². The normalized spacial score (nSPS) is 21.7. The summed E-state index contributed by atoms with van der Waals surface area (Å²) in [7, 11) is 0. The van der Waals surface area contributed by atoms with Crippen molar-refractivity contribution < 1.29 is 13.9 Å². The SMILES string of the molecule is Cc1ccc(CN2C[C@@H](Cc3ccccn3)[C@H](O)C2)c(F)c1F. The Balaban J connectivity index is 1.66. The highest BCUT2D eigenvalue weighted by Crippen LogP contribution is 2.24. The van der Waals surface area contributed by atoms with E-state index in [2.05, 4.69) is 4.98 Å². The maximum absolute atomic E-state index is 14.0. The lowest BCUT2D eigenvalue weighted by Crippen LogP contribution is -2.22. The first kappa shape index (κ1) is 16.0. The van der Waals surface area contributed by atoms with E-state index in [4.69, 9.17) is 0 Å². The van der Waals surface area contributed by atoms with Gasteiger partial charge in [-0.2, -0.15) is 0 Å². The minimum atomic E-state index is -0.785. The molecule has 1 aliphatic rings. The highest BCUT2D eigenvalue weighted by molar-refractivity contribution is 5.25. The van der Waals surface area contributed by atoms with Crippen molar-refractivity contribution in [3.05, 3.63) is 65.0 Å². The van der Waals surface area contributed by atoms with Crippen molar-refractivity contribution in [2.75, 3.05) is 13.1 Å². The van der Waals surface area contributed by atoms with Crippen LogP contribution in [-0.2, 0) is 13.0 Å². The fraction of sp³-hybridized carbons (Fsp3) is 0.389. The summed E-state index contributed by atoms with van der Waals surface area (Å²) in [6.45, 7) is 2.96. The molecule has 1 aromatic heterocycles. The monoisotopic (exact) mass is 318 g/mol. The van der Waals surface area contributed by atoms with Crippen molar-refractivity contribution in [1.29, 1.82) is 0 Å². The zero-order valence-electron chi connectivity index (χ0n) is 13.0. The van der Waals surface area contributed by atoms with E-state index < -0.39 is 17.7 Å². The van der Waals surface area contributed by atoms with Crippen LogP contribution in [0.5, 0.6) is 0 Å². The van der Waals surface area contributed by atoms with E-state index in [0.29, 0.717) is 37.2 Å². The molecule has 2 heterocycles. The average molecular weight is 318 g/mol. The predicted octanol–water partition coefficient (Wildman–Crippen LogP) is 2.70. The Bertz CT molecular complexity index is 678. The highest BCUT2D eigenvalue weighted by Gasteiger charge is 2.32. The number of aryl methyl sites for hydroxylation is 1. The van der Waals surface area contributed by atoms with E-state index in [-0.39, 0.29) is 5.92 Å². The number of hydrogen-bond acceptors (Lipinski definition) is 3. The molecule has 0 aliphatic carbocycles. The molecule has 0 unspecified atom stereocenters. The molecule has 122 valence electrons. The molecule has 0 radical (unpaired) electrons. The van der Waals surface area contributed by atoms with Gasteiger partial charge in [-0.1, -0.05) is 18.2 Å². The molecule has 0 amide bonds. The Morgan fingerprint density at radius 3 is 2.74 bits per heavy atom. The van der Waals surface area contributed by atoms with Gasteiger partial charge in [0.1, 0.15) is 0 Å². The van der Waals surface area contributed by atoms with Crippen LogP contribution in [0, 0.1) is 24.5 Å². The fourth-order valence-electron chi connectivity index (χ4n) is 3.11. The summed E-state index contributed by atoms with van der Waals surface area (Å²) >= 11 is 0. The molecule has 5 heteroatoms. The third kappa shape index (κ3) is 3.57. The Hall–Kier alpha value is -1.85. The molecule has 0 saturated carbocycles. The van der Waals surface area contributed by atoms with Gasteiger partial charge in [0.15, 0.2) is 11.6 Å². The van der Waals surface area contributed by atoms with Gasteiger partial charge in [0.25, 0.3) is 0 Å². The molecule has 3 nitrogen and oxygen atoms in total. The van der Waals surface area contributed by atoms with Crippen molar-refractivity contribution in [1.82, 2.24) is 9.88 Å². The predicted molar refractivity (Wildman–Crippen MR) is 83.8 cm³/mol. The molecule has 2 atom stereocenters. The molecule has 1 fully saturated rings. The molecule has 1 aromatic carbocycles. The number of aromatic nitrogens is 1. The smallest absolute Gasteiger partial charge is 0.163 e. The molecule has 3 rings (SSSR count). The highest BCUT2D eigenvalue weighted by atomic mass is 19.2. The summed E-state index contributed by atoms with van der Waals surface area (Å²) in [5.74, 6) is -1.51. The Morgan fingerprint density at radius 2 is 2.00 bits per heavy atom. The number of β-amino-alcohol motifs (C(OH)–C–C–N with tert-alkyl or cyclic N) is 1. The van der Waals surface area contributed by atoms with Crippen molar-refractivity contribution in [3.63, 3.8) is 0 Å². The van der Waals surface area contributed by atoms with Crippen molar-refractivity contribution >= 4 is 0 Å². The summed E-state index contributed by atoms with van der Waals surface area (Å²) in [6.07, 6.45) is 1.94. The summed E-state index contributed by atoms with van der Waals surface area (Å²) in [6, 6.07) is 8.92. The quantitative estimate of drug-likeness (QED) is 0.942. The zero-order chi connectivity index (χ0) is 16.4. The van der Waals surface area contributed by atoms with E-state index in [1.807, 2.05) is 23.1 Å². The number of benzene rings is 1. The number of halogens is 2. The summed E-state index contributed by atoms with van der Waals surface area (Å²) in [4.78, 5) is 6.25. The van der Waals surface area contributed by atoms with Gasteiger partial charge in [-0.05, 0) is 31.0 Å². The molecule has 1 aliphatic heterocycles. The third-order valence-electron chi connectivity index (χ3n) is 4.43. The van der Waals surface area contributed by atoms with E-state index in [1.165, 1.54) is 0 Å². The number of hydrogen-bond donors (Lipinski definition) is 1. The fourth-order valence-corrected chi connectivity index (χ4v) is 3.11. The largest absolute Gasteiger partial charge is 0.391 e. The number of aliphatic hydroxyl groups excluding tert-OH is 1. The maximum atomic E-state index is 14.0. The minimum absolute atomic E-state index is 0.0586. The third-order valence-corrected chi connectivity index (χ3v) is 4.43. The van der Waals surface area contributed by atoms with Gasteiger partial charge in [0, 0.05) is 43.0 Å². The van der Waals surface area contributed by atoms with Crippen LogP contribution in [0.3, 0.4) is 0 Å². The first-order valence-corrected chi connectivity index (χ1v) is 7.78. The molecule has 0 bridgehead atoms. The van der Waals surface area contributed by atoms with E-state index >= 15 is 0 Å². The second-order valence-electron chi connectivity index (χ2n) is 6.22. The van der Waals surface area contributed by atoms with Crippen molar-refractivity contribution in [3.8, 4) is 0 Å². The molecular weight excluding hydrogens is 298 g/mol. The van der Waals surface area contributed by atoms with Crippen LogP contribution in [0.25, 0.3) is 0 Å². The van der Waals surface area contributed by atoms with Crippen LogP contribution < -0.4 is 0 Å². The van der Waals surface area contributed by atoms with Crippen molar-refractivity contribution in [2.24, 2.45) is 5.92 Å². The van der Waals surface area contributed by atoms with Gasteiger partial charge >= 0.3 is 0 Å². The number of aliphatic hydroxyl groups is 1. The van der Waals surface area contributed by atoms with Gasteiger partial charge in [0.2, 0.25) is 0 Å². The first-order chi connectivity index (χ1) is 11.0. The van der Waals surface area contributed by atoms with E-state index in [9.17, 15) is 13.9 Å². The van der Waals surface area contributed by atoms with Crippen LogP contribution >= 0.6 is 0 Å². The second-order valence-corrected chi connectivity index (χ2v) is 6.22. The van der Waals surface area contributed by atoms with E-state index in [1.54, 1.807) is 25.3 Å². The Morgan fingerprint density at radius 1 is 1.17 bits per heavy atom. The average Bonchev–Trinajstić information content (AvgIpc) is 2.89. The van der Waals surface area contributed by atoms with Gasteiger partial charge < -0.3 is 5.11 Å². The Labute approximate surface area is 134 Å². The summed E-state index contributed by atoms with van der Waals surface area (Å²) in [5, 5.41) is 10.2. The lowest BCUT2D eigenvalue weighted by atomic mass is 10.00. The lowest BCUT2D eigenvalue weighted by molar-refractivity contribution is 0.140. The molecule has 0 spiro atoms. The standard InChI is InChI=1S/C18H20F2N2O/c1-12-5-6-13(18(20)17(12)19)9-22-10-14(16(23)11-22)8-15-4-2-3-7-21-15/h2-7,14,16,23H,8-11H2,1H3/t14-,16-/m1/s1. The molecule has 2 aromatic rings. The minimum Gasteiger partial charge on any atom is -0.391 e. The van der Waals surface area contributed by atoms with Gasteiger partial charge in [-0.15, -0.1) is 0 Å². The number of likely N-dealkylation sites (tertiary alicyclic amines) is 1. The summed E-state index contributed by atoms with van der Waals surface area (Å²) < 4.78 is 27.6. The number of nitrogens with zero attached hydrogens (tertiary/aromatic N) is 2. The van der Waals surface area contributed by atoms with Crippen LogP contribution in [0.15, 0.2) is 36.5 Å². The number of pyridine rings is 1. The summed E-state index contributed by atoms with van der Waals surface area (Å²) in [5.41, 5.74) is 1.57. The number of rotatable bonds is 4. The first-order valence-electron chi connectivity index (χ1n) is 7.78. The maximum Gasteiger partial charge on any atom is 0.163 e. The van der Waals surface area contributed by atoms with E-state index in [0.717, 1.165) is 5.69 Å². The Kier molecular flexibility index (Phi) is 4.68. The van der Waals surface area contributed by atoms with Crippen LogP contribution in [0.2, 0.25) is 0 Å². The second kappa shape index (κ2) is 6.72. The van der Waals surface area contributed by atoms with Gasteiger partial charge in [0.05, 0.1) is 6.10 Å². The molecular formula is C18H20F2N2O. The van der Waals surface area contributed by atoms with Crippen LogP contribution in [0.4, 0.5) is 8.78 Å². The lowest BCUT2D eigenvalue weighted by Gasteiger charge is -2.16. The molecule has 1 saturated heterocycles. The molecule has 23 heavy (non-hydrogen) atoms. The van der Waals surface area contributed by atoms with Gasteiger partial charge in [-0.3, -0.25) is 9.88 Å². The van der Waals surface area contributed by atoms with Crippen LogP contribution in [0.1, 0.15) is 16.8 Å².